The van der Waals surface area contributed by atoms with Crippen LogP contribution in [-0.4, -0.2) is 14.1 Å². The van der Waals surface area contributed by atoms with E-state index in [1.807, 2.05) is 62.6 Å². The van der Waals surface area contributed by atoms with Gasteiger partial charge in [0, 0.05) is 19.8 Å². The van der Waals surface area contributed by atoms with Crippen LogP contribution in [0.4, 0.5) is 17.1 Å². The van der Waals surface area contributed by atoms with Gasteiger partial charge < -0.3 is 4.90 Å². The average Bonchev–Trinajstić information content (AvgIpc) is 2.53. The summed E-state index contributed by atoms with van der Waals surface area (Å²) in [6, 6.07) is 22.4. The number of nitrogens with zero attached hydrogens (tertiary/aromatic N) is 3. The fraction of sp³-hybridized carbons (Fsp3) is 0.111. The molecule has 0 fully saturated rings. The third-order valence-electron chi connectivity index (χ3n) is 3.38. The molecular weight excluding hydrogens is 258 g/mol. The third kappa shape index (κ3) is 3.08. The number of fused-ring (bicyclic) bond motifs is 1. The molecule has 0 N–H and O–H groups in total. The Bertz CT molecular complexity index is 774. The van der Waals surface area contributed by atoms with Gasteiger partial charge >= 0.3 is 0 Å². The number of azo groups is 1. The SMILES string of the molecule is CN(C)c1ccc(N=Nc2ccc3ccccc3c2)cc1. The van der Waals surface area contributed by atoms with Crippen LogP contribution in [0.3, 0.4) is 0 Å². The minimum Gasteiger partial charge on any atom is -0.378 e. The molecule has 0 aliphatic carbocycles. The minimum atomic E-state index is 0.855. The molecule has 104 valence electrons. The summed E-state index contributed by atoms with van der Waals surface area (Å²) in [6.07, 6.45) is 0. The average molecular weight is 275 g/mol. The number of anilines is 1. The summed E-state index contributed by atoms with van der Waals surface area (Å²) >= 11 is 0. The molecule has 3 nitrogen and oxygen atoms in total. The van der Waals surface area contributed by atoms with Crippen LogP contribution < -0.4 is 4.90 Å². The van der Waals surface area contributed by atoms with Crippen molar-refractivity contribution in [2.45, 2.75) is 0 Å². The predicted octanol–water partition coefficient (Wildman–Crippen LogP) is 5.32. The number of benzene rings is 3. The van der Waals surface area contributed by atoms with Crippen molar-refractivity contribution in [3.05, 3.63) is 66.7 Å². The maximum Gasteiger partial charge on any atom is 0.0863 e. The quantitative estimate of drug-likeness (QED) is 0.594. The molecule has 3 rings (SSSR count). The van der Waals surface area contributed by atoms with E-state index in [1.165, 1.54) is 10.8 Å². The largest absolute Gasteiger partial charge is 0.378 e. The summed E-state index contributed by atoms with van der Waals surface area (Å²) in [5, 5.41) is 11.0. The highest BCUT2D eigenvalue weighted by molar-refractivity contribution is 5.85. The lowest BCUT2D eigenvalue weighted by Gasteiger charge is -2.11. The molecule has 0 saturated carbocycles. The summed E-state index contributed by atoms with van der Waals surface area (Å²) < 4.78 is 0. The molecule has 21 heavy (non-hydrogen) atoms. The fourth-order valence-corrected chi connectivity index (χ4v) is 2.17. The zero-order valence-corrected chi connectivity index (χ0v) is 12.2. The van der Waals surface area contributed by atoms with E-state index in [9.17, 15) is 0 Å². The van der Waals surface area contributed by atoms with E-state index < -0.39 is 0 Å². The van der Waals surface area contributed by atoms with Gasteiger partial charge in [-0.15, -0.1) is 0 Å². The second-order valence-electron chi connectivity index (χ2n) is 5.14. The van der Waals surface area contributed by atoms with Crippen molar-refractivity contribution in [3.8, 4) is 0 Å². The van der Waals surface area contributed by atoms with Gasteiger partial charge in [-0.2, -0.15) is 10.2 Å². The Morgan fingerprint density at radius 1 is 0.667 bits per heavy atom. The molecule has 0 aliphatic heterocycles. The van der Waals surface area contributed by atoms with Gasteiger partial charge in [0.1, 0.15) is 0 Å². The molecule has 0 saturated heterocycles. The van der Waals surface area contributed by atoms with E-state index in [4.69, 9.17) is 0 Å². The monoisotopic (exact) mass is 275 g/mol. The van der Waals surface area contributed by atoms with E-state index in [1.54, 1.807) is 0 Å². The van der Waals surface area contributed by atoms with Gasteiger partial charge in [-0.05, 0) is 47.2 Å². The first-order valence-corrected chi connectivity index (χ1v) is 6.90. The Labute approximate surface area is 124 Å². The van der Waals surface area contributed by atoms with Crippen LogP contribution in [-0.2, 0) is 0 Å². The molecule has 0 atom stereocenters. The van der Waals surface area contributed by atoms with Crippen LogP contribution in [0.2, 0.25) is 0 Å². The number of rotatable bonds is 3. The lowest BCUT2D eigenvalue weighted by atomic mass is 10.1. The van der Waals surface area contributed by atoms with E-state index in [-0.39, 0.29) is 0 Å². The van der Waals surface area contributed by atoms with Crippen molar-refractivity contribution < 1.29 is 0 Å². The Balaban J connectivity index is 1.83. The van der Waals surface area contributed by atoms with E-state index in [0.29, 0.717) is 0 Å². The lowest BCUT2D eigenvalue weighted by Crippen LogP contribution is -2.07. The van der Waals surface area contributed by atoms with Crippen molar-refractivity contribution in [2.24, 2.45) is 10.2 Å². The van der Waals surface area contributed by atoms with Crippen LogP contribution in [0.5, 0.6) is 0 Å². The van der Waals surface area contributed by atoms with Gasteiger partial charge in [0.05, 0.1) is 11.4 Å². The molecule has 3 aromatic carbocycles. The fourth-order valence-electron chi connectivity index (χ4n) is 2.17. The standard InChI is InChI=1S/C18H17N3/c1-21(2)18-11-9-16(10-12-18)19-20-17-8-7-14-5-3-4-6-15(14)13-17/h3-13H,1-2H3. The first-order valence-electron chi connectivity index (χ1n) is 6.90. The maximum atomic E-state index is 4.31. The van der Waals surface area contributed by atoms with Gasteiger partial charge in [0.15, 0.2) is 0 Å². The molecule has 3 heteroatoms. The number of hydrogen-bond donors (Lipinski definition) is 0. The topological polar surface area (TPSA) is 28.0 Å². The summed E-state index contributed by atoms with van der Waals surface area (Å²) in [7, 11) is 4.04. The van der Waals surface area contributed by atoms with Gasteiger partial charge in [-0.1, -0.05) is 30.3 Å². The molecule has 0 spiro atoms. The highest BCUT2D eigenvalue weighted by Crippen LogP contribution is 2.24. The number of hydrogen-bond acceptors (Lipinski definition) is 3. The van der Waals surface area contributed by atoms with Crippen molar-refractivity contribution in [3.63, 3.8) is 0 Å². The second kappa shape index (κ2) is 5.75. The zero-order chi connectivity index (χ0) is 14.7. The third-order valence-corrected chi connectivity index (χ3v) is 3.38. The van der Waals surface area contributed by atoms with Crippen molar-refractivity contribution in [1.82, 2.24) is 0 Å². The Hall–Kier alpha value is -2.68. The van der Waals surface area contributed by atoms with E-state index >= 15 is 0 Å². The maximum absolute atomic E-state index is 4.31. The summed E-state index contributed by atoms with van der Waals surface area (Å²) in [5.74, 6) is 0. The van der Waals surface area contributed by atoms with Crippen LogP contribution in [0, 0.1) is 0 Å². The van der Waals surface area contributed by atoms with Crippen LogP contribution >= 0.6 is 0 Å². The molecule has 3 aromatic rings. The molecule has 0 unspecified atom stereocenters. The van der Waals surface area contributed by atoms with Gasteiger partial charge in [0.2, 0.25) is 0 Å². The molecular formula is C18H17N3. The summed E-state index contributed by atoms with van der Waals surface area (Å²) in [4.78, 5) is 2.06. The van der Waals surface area contributed by atoms with Gasteiger partial charge in [-0.25, -0.2) is 0 Å². The van der Waals surface area contributed by atoms with Gasteiger partial charge in [0.25, 0.3) is 0 Å². The van der Waals surface area contributed by atoms with Crippen molar-refractivity contribution in [2.75, 3.05) is 19.0 Å². The molecule has 0 aliphatic rings. The molecule has 0 heterocycles. The highest BCUT2D eigenvalue weighted by Gasteiger charge is 1.96. The van der Waals surface area contributed by atoms with Crippen molar-refractivity contribution in [1.29, 1.82) is 0 Å². The highest BCUT2D eigenvalue weighted by atomic mass is 15.1. The zero-order valence-electron chi connectivity index (χ0n) is 12.2. The molecule has 0 bridgehead atoms. The molecule has 0 aromatic heterocycles. The second-order valence-corrected chi connectivity index (χ2v) is 5.14. The van der Waals surface area contributed by atoms with Crippen molar-refractivity contribution >= 4 is 27.8 Å². The van der Waals surface area contributed by atoms with Crippen LogP contribution in [0.15, 0.2) is 77.0 Å². The normalized spacial score (nSPS) is 11.1. The first-order chi connectivity index (χ1) is 10.2. The van der Waals surface area contributed by atoms with E-state index in [2.05, 4.69) is 33.3 Å². The van der Waals surface area contributed by atoms with Gasteiger partial charge in [-0.3, -0.25) is 0 Å². The van der Waals surface area contributed by atoms with Crippen LogP contribution in [0.25, 0.3) is 10.8 Å². The minimum absolute atomic E-state index is 0.855. The Morgan fingerprint density at radius 3 is 2.00 bits per heavy atom. The van der Waals surface area contributed by atoms with Crippen LogP contribution in [0.1, 0.15) is 0 Å². The molecule has 0 radical (unpaired) electrons. The first kappa shape index (κ1) is 13.3. The smallest absolute Gasteiger partial charge is 0.0863 e. The van der Waals surface area contributed by atoms with E-state index in [0.717, 1.165) is 17.1 Å². The Kier molecular flexibility index (Phi) is 3.65. The lowest BCUT2D eigenvalue weighted by molar-refractivity contribution is 1.13. The summed E-state index contributed by atoms with van der Waals surface area (Å²) in [5.41, 5.74) is 2.87. The predicted molar refractivity (Wildman–Crippen MR) is 88.9 cm³/mol. The Morgan fingerprint density at radius 2 is 1.29 bits per heavy atom. The molecule has 0 amide bonds. The summed E-state index contributed by atoms with van der Waals surface area (Å²) in [6.45, 7) is 0.